The molecule has 0 bridgehead atoms. The fraction of sp³-hybridized carbons (Fsp3) is 0.321. The summed E-state index contributed by atoms with van der Waals surface area (Å²) in [5.74, 6) is -0.602. The van der Waals surface area contributed by atoms with Crippen molar-refractivity contribution < 1.29 is 9.59 Å². The molecule has 2 amide bonds. The molecule has 0 aliphatic carbocycles. The zero-order chi connectivity index (χ0) is 27.8. The number of amides is 2. The molecule has 2 aromatic carbocycles. The summed E-state index contributed by atoms with van der Waals surface area (Å²) in [5.41, 5.74) is 14.0. The molecule has 11 nitrogen and oxygen atoms in total. The molecule has 3 rings (SSSR count). The van der Waals surface area contributed by atoms with E-state index < -0.39 is 11.5 Å². The summed E-state index contributed by atoms with van der Waals surface area (Å²) in [7, 11) is 0. The van der Waals surface area contributed by atoms with Crippen LogP contribution in [-0.4, -0.2) is 39.8 Å². The predicted molar refractivity (Wildman–Crippen MR) is 156 cm³/mol. The zero-order valence-electron chi connectivity index (χ0n) is 21.8. The summed E-state index contributed by atoms with van der Waals surface area (Å²) in [6, 6.07) is 11.7. The third-order valence-corrected chi connectivity index (χ3v) is 5.96. The van der Waals surface area contributed by atoms with E-state index in [0.29, 0.717) is 34.6 Å². The Balaban J connectivity index is 0.00000533. The Hall–Kier alpha value is -4.67. The molecule has 1 heterocycles. The molecule has 0 saturated carbocycles. The number of nitrogens with one attached hydrogen (secondary N) is 4. The zero-order valence-corrected chi connectivity index (χ0v) is 21.8. The first kappa shape index (κ1) is 30.6. The number of benzene rings is 2. The number of nitrogen functional groups attached to an aromatic ring is 2. The van der Waals surface area contributed by atoms with Crippen LogP contribution in [0.3, 0.4) is 0 Å². The summed E-state index contributed by atoms with van der Waals surface area (Å²) >= 11 is 0. The van der Waals surface area contributed by atoms with Gasteiger partial charge in [-0.15, -0.1) is 0 Å². The Kier molecular flexibility index (Phi) is 10.8. The van der Waals surface area contributed by atoms with Gasteiger partial charge in [-0.05, 0) is 44.0 Å². The molecule has 0 unspecified atom stereocenters. The van der Waals surface area contributed by atoms with Gasteiger partial charge >= 0.3 is 0 Å². The van der Waals surface area contributed by atoms with Crippen molar-refractivity contribution >= 4 is 29.2 Å². The lowest BCUT2D eigenvalue weighted by atomic mass is 10.1. The number of hydrogen-bond donors (Lipinski definition) is 6. The van der Waals surface area contributed by atoms with Gasteiger partial charge in [-0.25, -0.2) is 4.98 Å². The number of carbonyl (C=O) groups is 2. The molecule has 0 radical (unpaired) electrons. The summed E-state index contributed by atoms with van der Waals surface area (Å²) < 4.78 is 1.31. The second-order valence-corrected chi connectivity index (χ2v) is 8.93. The van der Waals surface area contributed by atoms with Gasteiger partial charge in [-0.3, -0.25) is 24.4 Å². The molecule has 11 heteroatoms. The number of nitrogens with zero attached hydrogens (tertiary/aromatic N) is 2. The molecule has 0 fully saturated rings. The normalized spacial score (nSPS) is 11.2. The van der Waals surface area contributed by atoms with Gasteiger partial charge in [0.25, 0.3) is 11.5 Å². The van der Waals surface area contributed by atoms with Gasteiger partial charge in [0.15, 0.2) is 5.82 Å². The molecule has 1 atom stereocenters. The minimum Gasteiger partial charge on any atom is -0.399 e. The lowest BCUT2D eigenvalue weighted by molar-refractivity contribution is -0.121. The Morgan fingerprint density at radius 1 is 1.10 bits per heavy atom. The van der Waals surface area contributed by atoms with E-state index in [1.54, 1.807) is 42.5 Å². The molecular formula is C28H38N8O3. The van der Waals surface area contributed by atoms with Crippen LogP contribution < -0.4 is 33.0 Å². The van der Waals surface area contributed by atoms with Crippen molar-refractivity contribution in [1.29, 1.82) is 5.41 Å². The molecule has 39 heavy (non-hydrogen) atoms. The van der Waals surface area contributed by atoms with Crippen molar-refractivity contribution in [2.45, 2.75) is 53.8 Å². The first-order valence-electron chi connectivity index (χ1n) is 12.4. The third kappa shape index (κ3) is 7.91. The molecule has 0 aliphatic heterocycles. The van der Waals surface area contributed by atoms with E-state index in [1.165, 1.54) is 10.8 Å². The molecule has 208 valence electrons. The van der Waals surface area contributed by atoms with E-state index in [1.807, 2.05) is 20.8 Å². The van der Waals surface area contributed by atoms with Crippen LogP contribution in [0.5, 0.6) is 0 Å². The third-order valence-electron chi connectivity index (χ3n) is 5.96. The molecule has 1 aromatic heterocycles. The maximum atomic E-state index is 13.3. The maximum Gasteiger partial charge on any atom is 0.294 e. The van der Waals surface area contributed by atoms with Crippen LogP contribution in [0.4, 0.5) is 11.5 Å². The lowest BCUT2D eigenvalue weighted by Crippen LogP contribution is -2.34. The van der Waals surface area contributed by atoms with Gasteiger partial charge < -0.3 is 27.4 Å². The average Bonchev–Trinajstić information content (AvgIpc) is 2.89. The SMILES string of the molecule is C.CCNc1ncc(-c2cc(N)cc(C(=O)N[C@@H](C)CC)c2)n(CC(=O)NCc2ccc(C(=N)N)cc2)c1=O. The second-order valence-electron chi connectivity index (χ2n) is 8.93. The van der Waals surface area contributed by atoms with E-state index >= 15 is 0 Å². The monoisotopic (exact) mass is 534 g/mol. The second kappa shape index (κ2) is 13.8. The topological polar surface area (TPSA) is 181 Å². The summed E-state index contributed by atoms with van der Waals surface area (Å²) in [5, 5.41) is 16.1. The first-order chi connectivity index (χ1) is 18.1. The first-order valence-corrected chi connectivity index (χ1v) is 12.4. The van der Waals surface area contributed by atoms with Gasteiger partial charge in [-0.1, -0.05) is 38.6 Å². The molecule has 0 spiro atoms. The highest BCUT2D eigenvalue weighted by atomic mass is 16.2. The Morgan fingerprint density at radius 2 is 1.79 bits per heavy atom. The molecule has 8 N–H and O–H groups in total. The van der Waals surface area contributed by atoms with E-state index in [2.05, 4.69) is 20.9 Å². The smallest absolute Gasteiger partial charge is 0.294 e. The van der Waals surface area contributed by atoms with Gasteiger partial charge in [0.2, 0.25) is 5.91 Å². The molecule has 0 aliphatic rings. The van der Waals surface area contributed by atoms with Crippen molar-refractivity contribution in [3.05, 3.63) is 75.7 Å². The summed E-state index contributed by atoms with van der Waals surface area (Å²) in [6.07, 6.45) is 2.25. The summed E-state index contributed by atoms with van der Waals surface area (Å²) in [6.45, 7) is 6.14. The van der Waals surface area contributed by atoms with Crippen molar-refractivity contribution in [3.63, 3.8) is 0 Å². The highest BCUT2D eigenvalue weighted by molar-refractivity contribution is 5.97. The van der Waals surface area contributed by atoms with Gasteiger partial charge in [-0.2, -0.15) is 0 Å². The number of rotatable bonds is 11. The van der Waals surface area contributed by atoms with Gasteiger partial charge in [0, 0.05) is 41.5 Å². The number of hydrogen-bond acceptors (Lipinski definition) is 7. The number of nitrogens with two attached hydrogens (primary N) is 2. The van der Waals surface area contributed by atoms with Gasteiger partial charge in [0.1, 0.15) is 12.4 Å². The van der Waals surface area contributed by atoms with Crippen molar-refractivity contribution in [1.82, 2.24) is 20.2 Å². The average molecular weight is 535 g/mol. The quantitative estimate of drug-likeness (QED) is 0.124. The number of aromatic nitrogens is 2. The Bertz CT molecular complexity index is 1380. The fourth-order valence-electron chi connectivity index (χ4n) is 3.71. The lowest BCUT2D eigenvalue weighted by Gasteiger charge is -2.16. The maximum absolute atomic E-state index is 13.3. The predicted octanol–water partition coefficient (Wildman–Crippen LogP) is 2.69. The van der Waals surface area contributed by atoms with Crippen molar-refractivity contribution in [2.24, 2.45) is 5.73 Å². The van der Waals surface area contributed by atoms with E-state index in [4.69, 9.17) is 16.9 Å². The van der Waals surface area contributed by atoms with E-state index in [0.717, 1.165) is 12.0 Å². The fourth-order valence-corrected chi connectivity index (χ4v) is 3.71. The van der Waals surface area contributed by atoms with Crippen LogP contribution in [0.1, 0.15) is 56.1 Å². The van der Waals surface area contributed by atoms with E-state index in [9.17, 15) is 14.4 Å². The number of carbonyl (C=O) groups excluding carboxylic acids is 2. The van der Waals surface area contributed by atoms with Crippen molar-refractivity contribution in [3.8, 4) is 11.3 Å². The van der Waals surface area contributed by atoms with Crippen LogP contribution >= 0.6 is 0 Å². The van der Waals surface area contributed by atoms with E-state index in [-0.39, 0.29) is 44.1 Å². The highest BCUT2D eigenvalue weighted by Crippen LogP contribution is 2.23. The Morgan fingerprint density at radius 3 is 2.41 bits per heavy atom. The summed E-state index contributed by atoms with van der Waals surface area (Å²) in [4.78, 5) is 43.2. The standard InChI is InChI=1S/C27H34N8O3.CH4/c1-4-16(3)34-26(37)20-10-19(11-21(28)12-20)22-14-33-25(31-5-2)27(38)35(22)15-23(36)32-13-17-6-8-18(9-7-17)24(29)30;/h6-12,14,16H,4-5,13,15,28H2,1-3H3,(H3,29,30)(H,31,33)(H,32,36)(H,34,37);1H4/t16-;/m0./s1. The van der Waals surface area contributed by atoms with Crippen LogP contribution in [0.15, 0.2) is 53.5 Å². The minimum absolute atomic E-state index is 0. The number of anilines is 2. The van der Waals surface area contributed by atoms with Crippen LogP contribution in [0.2, 0.25) is 0 Å². The molecule has 0 saturated heterocycles. The van der Waals surface area contributed by atoms with Crippen LogP contribution in [0, 0.1) is 5.41 Å². The Labute approximate surface area is 228 Å². The van der Waals surface area contributed by atoms with Crippen LogP contribution in [0.25, 0.3) is 11.3 Å². The highest BCUT2D eigenvalue weighted by Gasteiger charge is 2.17. The molecule has 3 aromatic rings. The largest absolute Gasteiger partial charge is 0.399 e. The molecular weight excluding hydrogens is 496 g/mol. The number of amidine groups is 1. The van der Waals surface area contributed by atoms with Crippen molar-refractivity contribution in [2.75, 3.05) is 17.6 Å². The minimum atomic E-state index is -0.474. The van der Waals surface area contributed by atoms with Crippen LogP contribution in [-0.2, 0) is 17.9 Å². The van der Waals surface area contributed by atoms with Gasteiger partial charge in [0.05, 0.1) is 11.9 Å².